The first-order valence-corrected chi connectivity index (χ1v) is 12.0. The summed E-state index contributed by atoms with van der Waals surface area (Å²) in [5, 5.41) is 0. The third-order valence-corrected chi connectivity index (χ3v) is 14.5. The molecule has 0 aromatic heterocycles. The van der Waals surface area contributed by atoms with E-state index < -0.39 is 17.9 Å². The van der Waals surface area contributed by atoms with Crippen molar-refractivity contribution in [1.29, 1.82) is 0 Å². The van der Waals surface area contributed by atoms with Crippen LogP contribution in [0, 0.1) is 0 Å². The van der Waals surface area contributed by atoms with Gasteiger partial charge in [-0.3, -0.25) is 0 Å². The van der Waals surface area contributed by atoms with Crippen LogP contribution in [-0.4, -0.2) is 39.6 Å². The normalized spacial score (nSPS) is 11.3. The molecule has 0 aliphatic carbocycles. The summed E-state index contributed by atoms with van der Waals surface area (Å²) >= 11 is -0.306. The van der Waals surface area contributed by atoms with Gasteiger partial charge in [0.1, 0.15) is 0 Å². The topological polar surface area (TPSA) is 24.1 Å². The summed E-state index contributed by atoms with van der Waals surface area (Å²) in [4.78, 5) is 0. The van der Waals surface area contributed by atoms with Crippen LogP contribution in [0.2, 0.25) is 26.2 Å². The van der Waals surface area contributed by atoms with Crippen LogP contribution >= 0.6 is 0 Å². The molecule has 0 fully saturated rings. The molecule has 0 aliphatic heterocycles. The predicted octanol–water partition coefficient (Wildman–Crippen LogP) is -0.333. The molecule has 0 atom stereocenters. The Kier molecular flexibility index (Phi) is 6.66. The van der Waals surface area contributed by atoms with E-state index in [1.807, 2.05) is 0 Å². The summed E-state index contributed by atoms with van der Waals surface area (Å²) in [5.74, 6) is 0. The van der Waals surface area contributed by atoms with Gasteiger partial charge in [0.2, 0.25) is 0 Å². The van der Waals surface area contributed by atoms with Crippen molar-refractivity contribution in [2.24, 2.45) is 0 Å². The number of nitrogens with one attached hydrogen (secondary N) is 2. The van der Waals surface area contributed by atoms with Gasteiger partial charge in [-0.05, 0) is 0 Å². The maximum atomic E-state index is 3.61. The minimum atomic E-state index is -0.444. The first kappa shape index (κ1) is 10.2. The van der Waals surface area contributed by atoms with E-state index in [2.05, 4.69) is 32.6 Å². The van der Waals surface area contributed by atoms with Crippen LogP contribution in [0.15, 0.2) is 0 Å². The molecule has 0 amide bonds. The Morgan fingerprint density at radius 1 is 0.889 bits per heavy atom. The molecule has 0 heterocycles. The zero-order chi connectivity index (χ0) is 7.28. The van der Waals surface area contributed by atoms with E-state index in [-0.39, 0.29) is 21.7 Å². The molecule has 0 saturated heterocycles. The molecule has 0 saturated carbocycles. The predicted molar refractivity (Wildman–Crippen MR) is 49.8 cm³/mol. The van der Waals surface area contributed by atoms with Crippen LogP contribution in [-0.2, 0) is 0 Å². The summed E-state index contributed by atoms with van der Waals surface area (Å²) in [6.45, 7) is 9.35. The van der Waals surface area contributed by atoms with E-state index >= 15 is 0 Å². The molecule has 2 radical (unpaired) electrons. The first-order valence-electron chi connectivity index (χ1n) is 3.39. The molecule has 0 unspecified atom stereocenters. The molecular weight excluding hydrogens is 251 g/mol. The van der Waals surface area contributed by atoms with Crippen molar-refractivity contribution in [3.05, 3.63) is 0 Å². The Bertz CT molecular complexity index is 61.6. The molecule has 0 rings (SSSR count). The van der Waals surface area contributed by atoms with Gasteiger partial charge in [-0.25, -0.2) is 0 Å². The van der Waals surface area contributed by atoms with Crippen LogP contribution in [0.25, 0.3) is 0 Å². The van der Waals surface area contributed by atoms with Gasteiger partial charge >= 0.3 is 72.2 Å². The Labute approximate surface area is 72.1 Å². The Balaban J connectivity index is 2.91. The van der Waals surface area contributed by atoms with Gasteiger partial charge in [0, 0.05) is 0 Å². The number of hydrogen-bond donors (Lipinski definition) is 2. The van der Waals surface area contributed by atoms with Crippen molar-refractivity contribution < 1.29 is 0 Å². The number of hydrogen-bond acceptors (Lipinski definition) is 2. The molecule has 0 aromatic carbocycles. The van der Waals surface area contributed by atoms with E-state index in [0.717, 1.165) is 0 Å². The van der Waals surface area contributed by atoms with Crippen LogP contribution in [0.5, 0.6) is 0 Å². The van der Waals surface area contributed by atoms with E-state index in [1.54, 1.807) is 0 Å². The zero-order valence-electron chi connectivity index (χ0n) is 6.65. The summed E-state index contributed by atoms with van der Waals surface area (Å²) in [6.07, 6.45) is 0. The van der Waals surface area contributed by atoms with Crippen LogP contribution in [0.4, 0.5) is 0 Å². The Morgan fingerprint density at radius 3 is 1.44 bits per heavy atom. The van der Waals surface area contributed by atoms with Gasteiger partial charge < -0.3 is 0 Å². The van der Waals surface area contributed by atoms with Gasteiger partial charge in [0.25, 0.3) is 0 Å². The molecule has 54 valence electrons. The fraction of sp³-hybridized carbons (Fsp3) is 1.00. The van der Waals surface area contributed by atoms with Crippen molar-refractivity contribution in [3.63, 3.8) is 0 Å². The first-order chi connectivity index (χ1) is 4.13. The zero-order valence-corrected chi connectivity index (χ0v) is 11.8. The standard InChI is InChI=1S/2C2H8NSi.Sn/c2*1-4(2)3;/h2*3-4H,1-2H3;/q2*-1;+2. The molecule has 0 aliphatic rings. The second kappa shape index (κ2) is 5.90. The SMILES string of the molecule is C[SiH](C)[NH][Sn][NH][SiH](C)C. The van der Waals surface area contributed by atoms with Crippen molar-refractivity contribution in [1.82, 2.24) is 6.41 Å². The molecule has 0 spiro atoms. The monoisotopic (exact) mass is 268 g/mol. The van der Waals surface area contributed by atoms with Gasteiger partial charge in [0.05, 0.1) is 0 Å². The van der Waals surface area contributed by atoms with Gasteiger partial charge in [-0.1, -0.05) is 0 Å². The minimum absolute atomic E-state index is 0.306. The van der Waals surface area contributed by atoms with E-state index in [0.29, 0.717) is 0 Å². The van der Waals surface area contributed by atoms with Gasteiger partial charge in [-0.2, -0.15) is 0 Å². The number of rotatable bonds is 4. The average molecular weight is 267 g/mol. The van der Waals surface area contributed by atoms with Crippen molar-refractivity contribution in [3.8, 4) is 0 Å². The van der Waals surface area contributed by atoms with Crippen molar-refractivity contribution in [2.45, 2.75) is 26.2 Å². The van der Waals surface area contributed by atoms with E-state index in [1.165, 1.54) is 0 Å². The fourth-order valence-electron chi connectivity index (χ4n) is 0.330. The van der Waals surface area contributed by atoms with Gasteiger partial charge in [-0.15, -0.1) is 0 Å². The summed E-state index contributed by atoms with van der Waals surface area (Å²) < 4.78 is 7.22. The molecule has 9 heavy (non-hydrogen) atoms. The fourth-order valence-corrected chi connectivity index (χ4v) is 8.33. The Hall–Kier alpha value is 1.15. The summed E-state index contributed by atoms with van der Waals surface area (Å²) in [5.41, 5.74) is 0. The summed E-state index contributed by atoms with van der Waals surface area (Å²) in [7, 11) is -0.888. The maximum absolute atomic E-state index is 3.61. The second-order valence-corrected chi connectivity index (χ2v) is 13.6. The average Bonchev–Trinajstić information content (AvgIpc) is 1.63. The molecule has 0 aromatic rings. The third-order valence-electron chi connectivity index (χ3n) is 0.722. The van der Waals surface area contributed by atoms with E-state index in [9.17, 15) is 0 Å². The second-order valence-electron chi connectivity index (χ2n) is 2.72. The third kappa shape index (κ3) is 9.15. The van der Waals surface area contributed by atoms with Gasteiger partial charge in [0.15, 0.2) is 0 Å². The van der Waals surface area contributed by atoms with Crippen LogP contribution < -0.4 is 6.41 Å². The van der Waals surface area contributed by atoms with Crippen LogP contribution in [0.1, 0.15) is 0 Å². The summed E-state index contributed by atoms with van der Waals surface area (Å²) in [6, 6.07) is 0. The molecule has 2 nitrogen and oxygen atoms in total. The molecular formula is C4H16N2Si2Sn. The van der Waals surface area contributed by atoms with Crippen molar-refractivity contribution >= 4 is 39.6 Å². The van der Waals surface area contributed by atoms with Crippen molar-refractivity contribution in [2.75, 3.05) is 0 Å². The molecule has 0 bridgehead atoms. The molecule has 2 N–H and O–H groups in total. The molecule has 5 heteroatoms. The Morgan fingerprint density at radius 2 is 1.22 bits per heavy atom. The quantitative estimate of drug-likeness (QED) is 0.681. The van der Waals surface area contributed by atoms with Crippen LogP contribution in [0.3, 0.4) is 0 Å². The van der Waals surface area contributed by atoms with E-state index in [4.69, 9.17) is 0 Å².